The number of hydrogen-bond acceptors (Lipinski definition) is 2. The SMILES string of the molecule is NC1(CCc2cnc3ccc(Br)cn23)CC1. The summed E-state index contributed by atoms with van der Waals surface area (Å²) in [6.07, 6.45) is 8.43. The van der Waals surface area contributed by atoms with Crippen molar-refractivity contribution in [2.75, 3.05) is 0 Å². The first-order valence-electron chi connectivity index (χ1n) is 5.57. The van der Waals surface area contributed by atoms with E-state index in [1.165, 1.54) is 18.5 Å². The summed E-state index contributed by atoms with van der Waals surface area (Å²) in [5.41, 5.74) is 8.46. The predicted octanol–water partition coefficient (Wildman–Crippen LogP) is 2.52. The van der Waals surface area contributed by atoms with E-state index in [2.05, 4.69) is 31.5 Å². The summed E-state index contributed by atoms with van der Waals surface area (Å²) < 4.78 is 3.21. The van der Waals surface area contributed by atoms with Crippen LogP contribution in [0.1, 0.15) is 25.0 Å². The van der Waals surface area contributed by atoms with Gasteiger partial charge in [0.2, 0.25) is 0 Å². The van der Waals surface area contributed by atoms with Crippen LogP contribution in [0.4, 0.5) is 0 Å². The number of aryl methyl sites for hydroxylation is 1. The molecule has 0 aromatic carbocycles. The second kappa shape index (κ2) is 3.57. The van der Waals surface area contributed by atoms with Crippen molar-refractivity contribution >= 4 is 21.6 Å². The highest BCUT2D eigenvalue weighted by Crippen LogP contribution is 2.36. The average Bonchev–Trinajstić information content (AvgIpc) is 2.87. The van der Waals surface area contributed by atoms with Crippen LogP contribution < -0.4 is 5.73 Å². The number of nitrogens with two attached hydrogens (primary N) is 1. The largest absolute Gasteiger partial charge is 0.325 e. The third-order valence-corrected chi connectivity index (χ3v) is 3.79. The molecule has 0 radical (unpaired) electrons. The van der Waals surface area contributed by atoms with Gasteiger partial charge >= 0.3 is 0 Å². The highest BCUT2D eigenvalue weighted by molar-refractivity contribution is 9.10. The molecule has 1 aliphatic carbocycles. The van der Waals surface area contributed by atoms with Crippen LogP contribution in [0, 0.1) is 0 Å². The Bertz CT molecular complexity index is 528. The molecular formula is C12H14BrN3. The van der Waals surface area contributed by atoms with Crippen molar-refractivity contribution < 1.29 is 0 Å². The predicted molar refractivity (Wildman–Crippen MR) is 67.4 cm³/mol. The summed E-state index contributed by atoms with van der Waals surface area (Å²) >= 11 is 3.48. The Morgan fingerprint density at radius 3 is 3.00 bits per heavy atom. The number of pyridine rings is 1. The van der Waals surface area contributed by atoms with Gasteiger partial charge in [-0.05, 0) is 53.7 Å². The van der Waals surface area contributed by atoms with E-state index in [0.717, 1.165) is 23.0 Å². The molecule has 1 fully saturated rings. The normalized spacial score (nSPS) is 17.9. The lowest BCUT2D eigenvalue weighted by molar-refractivity contribution is 0.601. The number of nitrogens with zero attached hydrogens (tertiary/aromatic N) is 2. The van der Waals surface area contributed by atoms with Crippen molar-refractivity contribution in [3.05, 3.63) is 34.7 Å². The molecule has 0 saturated heterocycles. The molecule has 1 saturated carbocycles. The standard InChI is InChI=1S/C12H14BrN3/c13-9-1-2-11-15-7-10(16(11)8-9)3-4-12(14)5-6-12/h1-2,7-8H,3-6,14H2. The number of halogens is 1. The quantitative estimate of drug-likeness (QED) is 0.938. The van der Waals surface area contributed by atoms with Crippen molar-refractivity contribution in [1.82, 2.24) is 9.38 Å². The molecule has 84 valence electrons. The summed E-state index contributed by atoms with van der Waals surface area (Å²) in [7, 11) is 0. The Morgan fingerprint density at radius 2 is 2.25 bits per heavy atom. The van der Waals surface area contributed by atoms with Crippen molar-refractivity contribution in [3.63, 3.8) is 0 Å². The molecule has 0 bridgehead atoms. The van der Waals surface area contributed by atoms with Gasteiger partial charge in [-0.25, -0.2) is 4.98 Å². The molecule has 0 aliphatic heterocycles. The van der Waals surface area contributed by atoms with E-state index in [9.17, 15) is 0 Å². The highest BCUT2D eigenvalue weighted by Gasteiger charge is 2.37. The summed E-state index contributed by atoms with van der Waals surface area (Å²) in [6, 6.07) is 4.03. The molecule has 3 rings (SSSR count). The molecule has 0 amide bonds. The van der Waals surface area contributed by atoms with Crippen LogP contribution in [0.2, 0.25) is 0 Å². The molecule has 2 aromatic rings. The zero-order valence-corrected chi connectivity index (χ0v) is 10.6. The summed E-state index contributed by atoms with van der Waals surface area (Å²) in [4.78, 5) is 4.38. The average molecular weight is 280 g/mol. The first-order valence-corrected chi connectivity index (χ1v) is 6.36. The van der Waals surface area contributed by atoms with E-state index in [1.54, 1.807) is 0 Å². The minimum atomic E-state index is 0.121. The van der Waals surface area contributed by atoms with Gasteiger partial charge in [0, 0.05) is 28.1 Å². The topological polar surface area (TPSA) is 43.3 Å². The second-order valence-corrected chi connectivity index (χ2v) is 5.60. The maximum atomic E-state index is 6.10. The monoisotopic (exact) mass is 279 g/mol. The zero-order valence-electron chi connectivity index (χ0n) is 8.99. The first kappa shape index (κ1) is 10.3. The number of imidazole rings is 1. The van der Waals surface area contributed by atoms with E-state index < -0.39 is 0 Å². The molecule has 2 aromatic heterocycles. The van der Waals surface area contributed by atoms with Gasteiger partial charge < -0.3 is 10.1 Å². The van der Waals surface area contributed by atoms with E-state index in [-0.39, 0.29) is 5.54 Å². The summed E-state index contributed by atoms with van der Waals surface area (Å²) in [5.74, 6) is 0. The van der Waals surface area contributed by atoms with Gasteiger partial charge in [0.15, 0.2) is 0 Å². The minimum absolute atomic E-state index is 0.121. The fraction of sp³-hybridized carbons (Fsp3) is 0.417. The Morgan fingerprint density at radius 1 is 1.44 bits per heavy atom. The van der Waals surface area contributed by atoms with Crippen molar-refractivity contribution in [1.29, 1.82) is 0 Å². The Hall–Kier alpha value is -0.870. The Kier molecular flexibility index (Phi) is 2.30. The second-order valence-electron chi connectivity index (χ2n) is 4.69. The molecule has 0 unspecified atom stereocenters. The molecule has 3 nitrogen and oxygen atoms in total. The van der Waals surface area contributed by atoms with Gasteiger partial charge in [-0.3, -0.25) is 0 Å². The third kappa shape index (κ3) is 1.87. The Labute approximate surface area is 103 Å². The molecule has 16 heavy (non-hydrogen) atoms. The smallest absolute Gasteiger partial charge is 0.136 e. The molecule has 0 atom stereocenters. The fourth-order valence-corrected chi connectivity index (χ4v) is 2.31. The zero-order chi connectivity index (χ0) is 11.2. The number of fused-ring (bicyclic) bond motifs is 1. The third-order valence-electron chi connectivity index (χ3n) is 3.32. The summed E-state index contributed by atoms with van der Waals surface area (Å²) in [5, 5.41) is 0. The number of hydrogen-bond donors (Lipinski definition) is 1. The van der Waals surface area contributed by atoms with Crippen LogP contribution in [-0.4, -0.2) is 14.9 Å². The molecule has 4 heteroatoms. The van der Waals surface area contributed by atoms with Crippen LogP contribution in [-0.2, 0) is 6.42 Å². The lowest BCUT2D eigenvalue weighted by Gasteiger charge is -2.07. The van der Waals surface area contributed by atoms with Gasteiger partial charge in [-0.15, -0.1) is 0 Å². The number of aromatic nitrogens is 2. The van der Waals surface area contributed by atoms with Gasteiger partial charge in [-0.1, -0.05) is 0 Å². The van der Waals surface area contributed by atoms with E-state index in [4.69, 9.17) is 5.73 Å². The fourth-order valence-electron chi connectivity index (χ4n) is 1.98. The summed E-state index contributed by atoms with van der Waals surface area (Å²) in [6.45, 7) is 0. The van der Waals surface area contributed by atoms with Crippen LogP contribution in [0.25, 0.3) is 5.65 Å². The van der Waals surface area contributed by atoms with Gasteiger partial charge in [0.25, 0.3) is 0 Å². The van der Waals surface area contributed by atoms with Crippen molar-refractivity contribution in [2.45, 2.75) is 31.2 Å². The Balaban J connectivity index is 1.88. The number of rotatable bonds is 3. The van der Waals surface area contributed by atoms with E-state index in [0.29, 0.717) is 0 Å². The molecule has 0 spiro atoms. The first-order chi connectivity index (χ1) is 7.66. The molecular weight excluding hydrogens is 266 g/mol. The molecule has 2 heterocycles. The van der Waals surface area contributed by atoms with Gasteiger partial charge in [0.1, 0.15) is 5.65 Å². The maximum absolute atomic E-state index is 6.10. The van der Waals surface area contributed by atoms with Crippen LogP contribution in [0.15, 0.2) is 29.0 Å². The van der Waals surface area contributed by atoms with Crippen LogP contribution in [0.3, 0.4) is 0 Å². The lowest BCUT2D eigenvalue weighted by atomic mass is 10.1. The maximum Gasteiger partial charge on any atom is 0.136 e. The van der Waals surface area contributed by atoms with Crippen LogP contribution in [0.5, 0.6) is 0 Å². The molecule has 1 aliphatic rings. The van der Waals surface area contributed by atoms with Gasteiger partial charge in [-0.2, -0.15) is 0 Å². The lowest BCUT2D eigenvalue weighted by Crippen LogP contribution is -2.22. The van der Waals surface area contributed by atoms with Crippen molar-refractivity contribution in [2.24, 2.45) is 5.73 Å². The van der Waals surface area contributed by atoms with E-state index >= 15 is 0 Å². The van der Waals surface area contributed by atoms with Crippen LogP contribution >= 0.6 is 15.9 Å². The highest BCUT2D eigenvalue weighted by atomic mass is 79.9. The minimum Gasteiger partial charge on any atom is -0.325 e. The van der Waals surface area contributed by atoms with Gasteiger partial charge in [0.05, 0.1) is 0 Å². The van der Waals surface area contributed by atoms with Crippen molar-refractivity contribution in [3.8, 4) is 0 Å². The molecule has 2 N–H and O–H groups in total. The van der Waals surface area contributed by atoms with E-state index in [1.807, 2.05) is 18.3 Å².